The number of aromatic carboxylic acids is 1. The molecule has 4 rings (SSSR count). The molecule has 4 nitrogen and oxygen atoms in total. The number of benzene rings is 2. The highest BCUT2D eigenvalue weighted by Crippen LogP contribution is 2.45. The highest BCUT2D eigenvalue weighted by Gasteiger charge is 2.33. The second kappa shape index (κ2) is 10.2. The van der Waals surface area contributed by atoms with Crippen LogP contribution < -0.4 is 5.84 Å². The molecule has 0 fully saturated rings. The Morgan fingerprint density at radius 2 is 1.82 bits per heavy atom. The molecule has 3 N–H and O–H groups in total. The summed E-state index contributed by atoms with van der Waals surface area (Å²) in [6.07, 6.45) is 6.06. The van der Waals surface area contributed by atoms with Crippen LogP contribution in [0.3, 0.4) is 0 Å². The molecule has 33 heavy (non-hydrogen) atoms. The molecule has 0 amide bonds. The van der Waals surface area contributed by atoms with E-state index >= 15 is 0 Å². The molecule has 0 radical (unpaired) electrons. The van der Waals surface area contributed by atoms with Gasteiger partial charge in [-0.2, -0.15) is 0 Å². The van der Waals surface area contributed by atoms with Gasteiger partial charge in [-0.3, -0.25) is 5.84 Å². The molecule has 1 heterocycles. The molecular weight excluding hydrogens is 428 g/mol. The molecule has 2 aromatic carbocycles. The molecule has 0 saturated carbocycles. The van der Waals surface area contributed by atoms with Crippen molar-refractivity contribution in [1.29, 1.82) is 0 Å². The van der Waals surface area contributed by atoms with E-state index in [4.69, 9.17) is 5.84 Å². The van der Waals surface area contributed by atoms with Crippen LogP contribution >= 0.6 is 11.3 Å². The van der Waals surface area contributed by atoms with Gasteiger partial charge in [-0.1, -0.05) is 68.4 Å². The average Bonchev–Trinajstić information content (AvgIpc) is 3.15. The van der Waals surface area contributed by atoms with Crippen LogP contribution in [0.5, 0.6) is 0 Å². The van der Waals surface area contributed by atoms with Gasteiger partial charge in [-0.05, 0) is 66.2 Å². The van der Waals surface area contributed by atoms with Gasteiger partial charge in [0, 0.05) is 22.8 Å². The Balaban J connectivity index is 1.49. The van der Waals surface area contributed by atoms with Gasteiger partial charge in [0.1, 0.15) is 0 Å². The van der Waals surface area contributed by atoms with Crippen LogP contribution in [0.1, 0.15) is 65.0 Å². The van der Waals surface area contributed by atoms with E-state index < -0.39 is 5.97 Å². The molecule has 0 atom stereocenters. The number of nitrogens with two attached hydrogens (primary N) is 1. The summed E-state index contributed by atoms with van der Waals surface area (Å²) in [5.41, 5.74) is 5.14. The lowest BCUT2D eigenvalue weighted by Gasteiger charge is -2.29. The number of carboxylic acid groups (broad SMARTS) is 1. The number of unbranched alkanes of at least 4 members (excludes halogenated alkanes) is 1. The van der Waals surface area contributed by atoms with Crippen molar-refractivity contribution < 1.29 is 9.90 Å². The van der Waals surface area contributed by atoms with Gasteiger partial charge < -0.3 is 5.11 Å². The van der Waals surface area contributed by atoms with Gasteiger partial charge in [0.25, 0.3) is 0 Å². The van der Waals surface area contributed by atoms with E-state index in [1.807, 2.05) is 29.3 Å². The first-order chi connectivity index (χ1) is 15.8. The number of hydrogen-bond acceptors (Lipinski definition) is 4. The molecule has 1 aromatic heterocycles. The number of aryl methyl sites for hydroxylation is 2. The highest BCUT2D eigenvalue weighted by atomic mass is 32.1. The maximum Gasteiger partial charge on any atom is 0.337 e. The maximum atomic E-state index is 12.3. The Labute approximate surface area is 201 Å². The monoisotopic (exact) mass is 462 g/mol. The van der Waals surface area contributed by atoms with E-state index in [0.29, 0.717) is 12.1 Å². The summed E-state index contributed by atoms with van der Waals surface area (Å²) in [5, 5.41) is 12.0. The lowest BCUT2D eigenvalue weighted by atomic mass is 9.76. The van der Waals surface area contributed by atoms with Crippen LogP contribution in [0, 0.1) is 5.41 Å². The van der Waals surface area contributed by atoms with Crippen LogP contribution in [0.2, 0.25) is 0 Å². The first-order valence-corrected chi connectivity index (χ1v) is 12.7. The van der Waals surface area contributed by atoms with Gasteiger partial charge in [0.2, 0.25) is 0 Å². The van der Waals surface area contributed by atoms with Crippen LogP contribution in [0.4, 0.5) is 0 Å². The number of carboxylic acids is 1. The number of thiophene rings is 1. The minimum Gasteiger partial charge on any atom is -0.478 e. The first-order valence-electron chi connectivity index (χ1n) is 11.8. The molecule has 3 aromatic rings. The van der Waals surface area contributed by atoms with Crippen molar-refractivity contribution in [1.82, 2.24) is 5.01 Å². The third kappa shape index (κ3) is 5.72. The Kier molecular flexibility index (Phi) is 7.32. The van der Waals surface area contributed by atoms with Crippen LogP contribution in [0.15, 0.2) is 54.6 Å². The van der Waals surface area contributed by atoms with Crippen LogP contribution in [-0.2, 0) is 25.8 Å². The van der Waals surface area contributed by atoms with Crippen molar-refractivity contribution in [2.24, 2.45) is 11.3 Å². The normalized spacial score (nSPS) is 14.9. The van der Waals surface area contributed by atoms with E-state index in [0.717, 1.165) is 66.6 Å². The Hall–Kier alpha value is -2.47. The quantitative estimate of drug-likeness (QED) is 0.222. The summed E-state index contributed by atoms with van der Waals surface area (Å²) >= 11 is 1.66. The van der Waals surface area contributed by atoms with Crippen LogP contribution in [0.25, 0.3) is 10.4 Å². The van der Waals surface area contributed by atoms with Gasteiger partial charge in [0.05, 0.1) is 5.56 Å². The average molecular weight is 463 g/mol. The summed E-state index contributed by atoms with van der Waals surface area (Å²) in [6.45, 7) is 5.88. The molecule has 0 aliphatic heterocycles. The maximum absolute atomic E-state index is 12.3. The van der Waals surface area contributed by atoms with Crippen molar-refractivity contribution >= 4 is 17.3 Å². The molecule has 0 bridgehead atoms. The lowest BCUT2D eigenvalue weighted by Crippen LogP contribution is -2.31. The Morgan fingerprint density at radius 3 is 2.58 bits per heavy atom. The summed E-state index contributed by atoms with van der Waals surface area (Å²) in [5.74, 6) is 5.56. The summed E-state index contributed by atoms with van der Waals surface area (Å²) in [7, 11) is 0. The fraction of sp³-hybridized carbons (Fsp3) is 0.393. The summed E-state index contributed by atoms with van der Waals surface area (Å²) in [4.78, 5) is 14.5. The molecule has 5 heteroatoms. The molecular formula is C28H34N2O2S. The van der Waals surface area contributed by atoms with Crippen molar-refractivity contribution in [2.45, 2.75) is 58.9 Å². The van der Waals surface area contributed by atoms with Crippen molar-refractivity contribution in [2.75, 3.05) is 6.54 Å². The fourth-order valence-corrected chi connectivity index (χ4v) is 6.17. The number of nitrogens with zero attached hydrogens (tertiary/aromatic N) is 1. The van der Waals surface area contributed by atoms with Gasteiger partial charge in [-0.15, -0.1) is 11.3 Å². The molecule has 0 spiro atoms. The Bertz CT molecular complexity index is 1100. The topological polar surface area (TPSA) is 66.6 Å². The predicted molar refractivity (Wildman–Crippen MR) is 136 cm³/mol. The minimum atomic E-state index is -0.819. The van der Waals surface area contributed by atoms with Crippen LogP contribution in [-0.4, -0.2) is 22.6 Å². The van der Waals surface area contributed by atoms with Gasteiger partial charge >= 0.3 is 5.97 Å². The zero-order valence-corrected chi connectivity index (χ0v) is 20.5. The molecule has 0 unspecified atom stereocenters. The van der Waals surface area contributed by atoms with E-state index in [2.05, 4.69) is 44.2 Å². The Morgan fingerprint density at radius 1 is 1.09 bits per heavy atom. The van der Waals surface area contributed by atoms with Crippen molar-refractivity contribution in [3.8, 4) is 10.4 Å². The SMILES string of the molecule is CC1(C)CCc2sc(-c3ccccc3CN(N)CCCCc3ccccc3)c(C(=O)O)c2C1. The number of fused-ring (bicyclic) bond motifs is 1. The van der Waals surface area contributed by atoms with Crippen molar-refractivity contribution in [3.05, 3.63) is 81.7 Å². The van der Waals surface area contributed by atoms with E-state index in [9.17, 15) is 9.90 Å². The minimum absolute atomic E-state index is 0.142. The number of hydrazine groups is 1. The molecule has 0 saturated heterocycles. The third-order valence-electron chi connectivity index (χ3n) is 6.63. The fourth-order valence-electron chi connectivity index (χ4n) is 4.80. The highest BCUT2D eigenvalue weighted by molar-refractivity contribution is 7.16. The number of hydrogen-bond donors (Lipinski definition) is 2. The van der Waals surface area contributed by atoms with Crippen molar-refractivity contribution in [3.63, 3.8) is 0 Å². The second-order valence-corrected chi connectivity index (χ2v) is 11.0. The molecule has 1 aliphatic carbocycles. The first kappa shape index (κ1) is 23.7. The number of carbonyl (C=O) groups is 1. The van der Waals surface area contributed by atoms with E-state index in [-0.39, 0.29) is 5.41 Å². The molecule has 174 valence electrons. The number of rotatable bonds is 9. The van der Waals surface area contributed by atoms with Gasteiger partial charge in [-0.25, -0.2) is 9.80 Å². The summed E-state index contributed by atoms with van der Waals surface area (Å²) in [6, 6.07) is 18.7. The zero-order chi connectivity index (χ0) is 23.4. The summed E-state index contributed by atoms with van der Waals surface area (Å²) < 4.78 is 0. The van der Waals surface area contributed by atoms with Gasteiger partial charge in [0.15, 0.2) is 0 Å². The van der Waals surface area contributed by atoms with E-state index in [1.54, 1.807) is 11.3 Å². The molecule has 1 aliphatic rings. The standard InChI is InChI=1S/C28H34N2O2S/c1-28(2)16-15-24-23(18-28)25(27(31)32)26(33-24)22-14-7-6-13-21(22)19-30(29)17-9-8-12-20-10-4-3-5-11-20/h3-7,10-11,13-14H,8-9,12,15-19,29H2,1-2H3,(H,31,32). The lowest BCUT2D eigenvalue weighted by molar-refractivity contribution is 0.0696. The second-order valence-electron chi connectivity index (χ2n) is 9.92. The van der Waals surface area contributed by atoms with E-state index in [1.165, 1.54) is 10.4 Å². The predicted octanol–water partition coefficient (Wildman–Crippen LogP) is 6.33. The third-order valence-corrected chi connectivity index (χ3v) is 7.95. The zero-order valence-electron chi connectivity index (χ0n) is 19.6. The smallest absolute Gasteiger partial charge is 0.337 e. The largest absolute Gasteiger partial charge is 0.478 e.